The number of hydrogen-bond acceptors (Lipinski definition) is 8. The number of nitrogens with one attached hydrogen (secondary N) is 1. The minimum Gasteiger partial charge on any atom is -0.460 e. The van der Waals surface area contributed by atoms with Gasteiger partial charge in [-0.2, -0.15) is 10.2 Å². The molecular weight excluding hydrogens is 494 g/mol. The summed E-state index contributed by atoms with van der Waals surface area (Å²) in [6.07, 6.45) is 1.65. The number of anilines is 1. The zero-order valence-electron chi connectivity index (χ0n) is 23.2. The van der Waals surface area contributed by atoms with Crippen molar-refractivity contribution in [1.29, 1.82) is 5.26 Å². The maximum Gasteiger partial charge on any atom is 0.306 e. The summed E-state index contributed by atoms with van der Waals surface area (Å²) in [6.45, 7) is 10.7. The second-order valence-electron chi connectivity index (χ2n) is 11.0. The van der Waals surface area contributed by atoms with Crippen LogP contribution in [0.1, 0.15) is 64.2 Å². The molecule has 1 aliphatic heterocycles. The maximum atomic E-state index is 12.8. The average molecular weight is 530 g/mol. The van der Waals surface area contributed by atoms with Crippen molar-refractivity contribution < 1.29 is 18.8 Å². The molecule has 204 valence electrons. The third kappa shape index (κ3) is 7.23. The summed E-state index contributed by atoms with van der Waals surface area (Å²) < 4.78 is 10.9. The molecule has 2 aromatic carbocycles. The van der Waals surface area contributed by atoms with E-state index in [9.17, 15) is 14.9 Å². The van der Waals surface area contributed by atoms with Crippen LogP contribution in [-0.4, -0.2) is 51.6 Å². The van der Waals surface area contributed by atoms with Crippen LogP contribution in [0.25, 0.3) is 22.8 Å². The van der Waals surface area contributed by atoms with Crippen LogP contribution in [-0.2, 0) is 27.2 Å². The Balaban J connectivity index is 1.42. The molecule has 9 heteroatoms. The molecule has 0 radical (unpaired) electrons. The number of carbonyl (C=O) groups excluding carboxylic acids is 2. The van der Waals surface area contributed by atoms with Crippen LogP contribution in [0.2, 0.25) is 0 Å². The lowest BCUT2D eigenvalue weighted by molar-refractivity contribution is -0.156. The molecule has 0 unspecified atom stereocenters. The van der Waals surface area contributed by atoms with Crippen molar-refractivity contribution in [2.24, 2.45) is 0 Å². The maximum absolute atomic E-state index is 12.8. The van der Waals surface area contributed by atoms with Crippen LogP contribution in [0.3, 0.4) is 0 Å². The summed E-state index contributed by atoms with van der Waals surface area (Å²) in [6, 6.07) is 13.9. The Kier molecular flexibility index (Phi) is 8.34. The fourth-order valence-corrected chi connectivity index (χ4v) is 4.54. The van der Waals surface area contributed by atoms with Crippen LogP contribution in [0.4, 0.5) is 5.69 Å². The highest BCUT2D eigenvalue weighted by molar-refractivity contribution is 5.81. The topological polar surface area (TPSA) is 121 Å². The predicted molar refractivity (Wildman–Crippen MR) is 148 cm³/mol. The van der Waals surface area contributed by atoms with Gasteiger partial charge in [0.2, 0.25) is 11.7 Å². The van der Waals surface area contributed by atoms with Crippen molar-refractivity contribution in [2.45, 2.75) is 71.9 Å². The number of amides is 1. The zero-order chi connectivity index (χ0) is 28.2. The van der Waals surface area contributed by atoms with E-state index in [2.05, 4.69) is 33.7 Å². The first-order chi connectivity index (χ1) is 18.5. The molecule has 9 nitrogen and oxygen atoms in total. The summed E-state index contributed by atoms with van der Waals surface area (Å²) in [5.41, 5.74) is 4.53. The van der Waals surface area contributed by atoms with E-state index in [-0.39, 0.29) is 30.8 Å². The third-order valence-electron chi connectivity index (χ3n) is 6.34. The lowest BCUT2D eigenvalue weighted by Gasteiger charge is -2.22. The monoisotopic (exact) mass is 529 g/mol. The standard InChI is InChI=1S/C30H35N5O4/c1-19(2)32-25-9-8-23(17-24(25)18-31)29-33-28(34-39-29)22-7-6-20-12-14-35(15-13-21(20)16-22)26(36)10-11-27(37)38-30(3,4)5/h6-9,16-17,19,32H,10-15H2,1-5H3. The lowest BCUT2D eigenvalue weighted by atomic mass is 10.00. The molecule has 2 heterocycles. The predicted octanol–water partition coefficient (Wildman–Crippen LogP) is 5.14. The first-order valence-electron chi connectivity index (χ1n) is 13.3. The van der Waals surface area contributed by atoms with Crippen LogP contribution < -0.4 is 5.32 Å². The first-order valence-corrected chi connectivity index (χ1v) is 13.3. The van der Waals surface area contributed by atoms with Crippen molar-refractivity contribution >= 4 is 17.6 Å². The molecule has 0 saturated heterocycles. The molecule has 0 aliphatic carbocycles. The van der Waals surface area contributed by atoms with Gasteiger partial charge in [-0.3, -0.25) is 9.59 Å². The number of nitriles is 1. The number of ether oxygens (including phenoxy) is 1. The first kappa shape index (κ1) is 27.8. The number of nitrogens with zero attached hydrogens (tertiary/aromatic N) is 4. The molecule has 39 heavy (non-hydrogen) atoms. The second kappa shape index (κ2) is 11.7. The molecule has 0 spiro atoms. The van der Waals surface area contributed by atoms with Crippen molar-refractivity contribution in [1.82, 2.24) is 15.0 Å². The van der Waals surface area contributed by atoms with Gasteiger partial charge in [0.15, 0.2) is 0 Å². The van der Waals surface area contributed by atoms with Crippen LogP contribution in [0.15, 0.2) is 40.9 Å². The van der Waals surface area contributed by atoms with Crippen LogP contribution in [0, 0.1) is 11.3 Å². The summed E-state index contributed by atoms with van der Waals surface area (Å²) >= 11 is 0. The van der Waals surface area contributed by atoms with Gasteiger partial charge >= 0.3 is 5.97 Å². The van der Waals surface area contributed by atoms with E-state index in [0.29, 0.717) is 42.4 Å². The Morgan fingerprint density at radius 1 is 1.08 bits per heavy atom. The molecular formula is C30H35N5O4. The van der Waals surface area contributed by atoms with E-state index < -0.39 is 5.60 Å². The number of carbonyl (C=O) groups is 2. The molecule has 3 aromatic rings. The van der Waals surface area contributed by atoms with Gasteiger partial charge in [0.1, 0.15) is 11.7 Å². The molecule has 0 saturated carbocycles. The molecule has 0 bridgehead atoms. The summed E-state index contributed by atoms with van der Waals surface area (Å²) in [7, 11) is 0. The molecule has 1 amide bonds. The molecule has 0 fully saturated rings. The van der Waals surface area contributed by atoms with E-state index in [1.54, 1.807) is 6.07 Å². The average Bonchev–Trinajstić information content (AvgIpc) is 3.27. The van der Waals surface area contributed by atoms with Crippen molar-refractivity contribution in [3.8, 4) is 28.9 Å². The number of aromatic nitrogens is 2. The highest BCUT2D eigenvalue weighted by Crippen LogP contribution is 2.28. The van der Waals surface area contributed by atoms with Gasteiger partial charge in [-0.1, -0.05) is 17.3 Å². The number of hydrogen-bond donors (Lipinski definition) is 1. The van der Waals surface area contributed by atoms with Crippen molar-refractivity contribution in [3.05, 3.63) is 53.1 Å². The Labute approximate surface area is 229 Å². The Morgan fingerprint density at radius 3 is 2.49 bits per heavy atom. The highest BCUT2D eigenvalue weighted by Gasteiger charge is 2.22. The van der Waals surface area contributed by atoms with E-state index >= 15 is 0 Å². The van der Waals surface area contributed by atoms with Gasteiger partial charge < -0.3 is 19.5 Å². The quantitative estimate of drug-likeness (QED) is 0.417. The van der Waals surface area contributed by atoms with Crippen LogP contribution in [0.5, 0.6) is 0 Å². The van der Waals surface area contributed by atoms with E-state index in [1.807, 2.05) is 57.7 Å². The van der Waals surface area contributed by atoms with Crippen LogP contribution >= 0.6 is 0 Å². The minimum absolute atomic E-state index is 0.0388. The van der Waals surface area contributed by atoms with Gasteiger partial charge in [0.25, 0.3) is 5.89 Å². The number of fused-ring (bicyclic) bond motifs is 1. The van der Waals surface area contributed by atoms with E-state index in [0.717, 1.165) is 23.2 Å². The Hall–Kier alpha value is -4.19. The largest absolute Gasteiger partial charge is 0.460 e. The highest BCUT2D eigenvalue weighted by atomic mass is 16.6. The van der Waals surface area contributed by atoms with Gasteiger partial charge in [-0.15, -0.1) is 0 Å². The van der Waals surface area contributed by atoms with Gasteiger partial charge in [0.05, 0.1) is 17.7 Å². The lowest BCUT2D eigenvalue weighted by Crippen LogP contribution is -2.34. The van der Waals surface area contributed by atoms with Gasteiger partial charge in [-0.25, -0.2) is 0 Å². The number of esters is 1. The third-order valence-corrected chi connectivity index (χ3v) is 6.34. The van der Waals surface area contributed by atoms with Crippen molar-refractivity contribution in [2.75, 3.05) is 18.4 Å². The Bertz CT molecular complexity index is 1400. The SMILES string of the molecule is CC(C)Nc1ccc(-c2nc(-c3ccc4c(c3)CCN(C(=O)CCC(=O)OC(C)(C)C)CC4)no2)cc1C#N. The second-order valence-corrected chi connectivity index (χ2v) is 11.0. The van der Waals surface area contributed by atoms with Crippen molar-refractivity contribution in [3.63, 3.8) is 0 Å². The minimum atomic E-state index is -0.559. The summed E-state index contributed by atoms with van der Waals surface area (Å²) in [5.74, 6) is 0.410. The van der Waals surface area contributed by atoms with Gasteiger partial charge in [0, 0.05) is 36.7 Å². The molecule has 1 aromatic heterocycles. The molecule has 1 aliphatic rings. The normalized spacial score (nSPS) is 13.4. The van der Waals surface area contributed by atoms with E-state index in [1.165, 1.54) is 5.56 Å². The fourth-order valence-electron chi connectivity index (χ4n) is 4.54. The molecule has 1 N–H and O–H groups in total. The molecule has 0 atom stereocenters. The smallest absolute Gasteiger partial charge is 0.306 e. The number of benzene rings is 2. The van der Waals surface area contributed by atoms with Gasteiger partial charge in [-0.05, 0) is 82.9 Å². The van der Waals surface area contributed by atoms with E-state index in [4.69, 9.17) is 9.26 Å². The fraction of sp³-hybridized carbons (Fsp3) is 0.433. The Morgan fingerprint density at radius 2 is 1.79 bits per heavy atom. The summed E-state index contributed by atoms with van der Waals surface area (Å²) in [5, 5.41) is 17.0. The number of rotatable bonds is 7. The summed E-state index contributed by atoms with van der Waals surface area (Å²) in [4.78, 5) is 31.2. The molecule has 4 rings (SSSR count). The zero-order valence-corrected chi connectivity index (χ0v) is 23.2.